The van der Waals surface area contributed by atoms with Crippen LogP contribution in [-0.2, 0) is 6.54 Å². The molecular formula is C11H21N3S. The van der Waals surface area contributed by atoms with E-state index >= 15 is 0 Å². The number of nitrogens with one attached hydrogen (secondary N) is 1. The molecule has 0 aliphatic heterocycles. The molecule has 0 saturated carbocycles. The van der Waals surface area contributed by atoms with Crippen LogP contribution in [0, 0.1) is 0 Å². The van der Waals surface area contributed by atoms with Crippen LogP contribution in [0.2, 0.25) is 0 Å². The molecule has 4 heteroatoms. The second-order valence-corrected chi connectivity index (χ2v) is 4.62. The lowest BCUT2D eigenvalue weighted by Gasteiger charge is -2.24. The van der Waals surface area contributed by atoms with Crippen LogP contribution in [0.4, 0.5) is 5.13 Å². The van der Waals surface area contributed by atoms with Gasteiger partial charge < -0.3 is 10.2 Å². The van der Waals surface area contributed by atoms with Crippen LogP contribution >= 0.6 is 11.3 Å². The van der Waals surface area contributed by atoms with Crippen LogP contribution < -0.4 is 10.2 Å². The lowest BCUT2D eigenvalue weighted by molar-refractivity contribution is 0.688. The molecule has 0 aliphatic carbocycles. The lowest BCUT2D eigenvalue weighted by atomic mass is 10.3. The quantitative estimate of drug-likeness (QED) is 0.809. The van der Waals surface area contributed by atoms with Crippen molar-refractivity contribution in [2.24, 2.45) is 0 Å². The Morgan fingerprint density at radius 3 is 2.73 bits per heavy atom. The largest absolute Gasteiger partial charge is 0.346 e. The summed E-state index contributed by atoms with van der Waals surface area (Å²) in [5, 5.41) is 6.57. The molecule has 86 valence electrons. The maximum absolute atomic E-state index is 4.62. The summed E-state index contributed by atoms with van der Waals surface area (Å²) in [5.74, 6) is 0. The van der Waals surface area contributed by atoms with Crippen molar-refractivity contribution in [1.29, 1.82) is 0 Å². The van der Waals surface area contributed by atoms with Crippen LogP contribution in [-0.4, -0.2) is 24.1 Å². The van der Waals surface area contributed by atoms with Gasteiger partial charge in [-0.2, -0.15) is 0 Å². The van der Waals surface area contributed by atoms with Crippen molar-refractivity contribution in [1.82, 2.24) is 10.3 Å². The minimum atomic E-state index is 0.521. The molecule has 1 aromatic heterocycles. The zero-order chi connectivity index (χ0) is 11.3. The molecular weight excluding hydrogens is 206 g/mol. The van der Waals surface area contributed by atoms with Gasteiger partial charge >= 0.3 is 0 Å². The van der Waals surface area contributed by atoms with E-state index < -0.39 is 0 Å². The average Bonchev–Trinajstić information content (AvgIpc) is 2.64. The van der Waals surface area contributed by atoms with Crippen LogP contribution in [0.3, 0.4) is 0 Å². The van der Waals surface area contributed by atoms with E-state index in [-0.39, 0.29) is 0 Å². The van der Waals surface area contributed by atoms with E-state index in [2.05, 4.69) is 48.3 Å². The third-order valence-corrected chi connectivity index (χ3v) is 3.23. The van der Waals surface area contributed by atoms with E-state index in [1.807, 2.05) is 0 Å². The number of aromatic nitrogens is 1. The van der Waals surface area contributed by atoms with Gasteiger partial charge in [-0.3, -0.25) is 0 Å². The van der Waals surface area contributed by atoms with Gasteiger partial charge in [0.1, 0.15) is 0 Å². The number of rotatable bonds is 6. The molecule has 0 fully saturated rings. The van der Waals surface area contributed by atoms with Crippen molar-refractivity contribution >= 4 is 16.5 Å². The summed E-state index contributed by atoms with van der Waals surface area (Å²) in [4.78, 5) is 6.94. The third-order valence-electron chi connectivity index (χ3n) is 2.31. The van der Waals surface area contributed by atoms with E-state index in [1.165, 1.54) is 0 Å². The van der Waals surface area contributed by atoms with Crippen LogP contribution in [0.5, 0.6) is 0 Å². The first kappa shape index (κ1) is 12.5. The van der Waals surface area contributed by atoms with Gasteiger partial charge in [-0.1, -0.05) is 6.92 Å². The van der Waals surface area contributed by atoms with Gasteiger partial charge in [-0.15, -0.1) is 11.3 Å². The molecule has 0 amide bonds. The third kappa shape index (κ3) is 3.47. The van der Waals surface area contributed by atoms with Gasteiger partial charge in [0, 0.05) is 24.5 Å². The predicted molar refractivity (Wildman–Crippen MR) is 67.7 cm³/mol. The Labute approximate surface area is 96.5 Å². The molecule has 1 aromatic rings. The SMILES string of the molecule is CCNCc1csc(N(CC)C(C)C)n1. The highest BCUT2D eigenvalue weighted by Crippen LogP contribution is 2.22. The van der Waals surface area contributed by atoms with Gasteiger partial charge in [0.15, 0.2) is 5.13 Å². The monoisotopic (exact) mass is 227 g/mol. The molecule has 0 aliphatic rings. The Morgan fingerprint density at radius 2 is 2.20 bits per heavy atom. The summed E-state index contributed by atoms with van der Waals surface area (Å²) in [6, 6.07) is 0.521. The molecule has 0 bridgehead atoms. The summed E-state index contributed by atoms with van der Waals surface area (Å²) >= 11 is 1.74. The van der Waals surface area contributed by atoms with Crippen molar-refractivity contribution in [2.75, 3.05) is 18.0 Å². The van der Waals surface area contributed by atoms with Crippen molar-refractivity contribution in [3.8, 4) is 0 Å². The van der Waals surface area contributed by atoms with E-state index in [9.17, 15) is 0 Å². The Morgan fingerprint density at radius 1 is 1.47 bits per heavy atom. The van der Waals surface area contributed by atoms with Crippen molar-refractivity contribution < 1.29 is 0 Å². The minimum Gasteiger partial charge on any atom is -0.346 e. The molecule has 0 atom stereocenters. The number of anilines is 1. The standard InChI is InChI=1S/C11H21N3S/c1-5-12-7-10-8-15-11(13-10)14(6-2)9(3)4/h8-9,12H,5-7H2,1-4H3. The molecule has 0 radical (unpaired) electrons. The molecule has 0 unspecified atom stereocenters. The Kier molecular flexibility index (Phi) is 5.05. The van der Waals surface area contributed by atoms with Gasteiger partial charge in [0.05, 0.1) is 5.69 Å². The van der Waals surface area contributed by atoms with E-state index in [0.717, 1.165) is 30.5 Å². The zero-order valence-corrected chi connectivity index (χ0v) is 10.9. The highest BCUT2D eigenvalue weighted by Gasteiger charge is 2.11. The van der Waals surface area contributed by atoms with E-state index in [4.69, 9.17) is 0 Å². The zero-order valence-electron chi connectivity index (χ0n) is 10.1. The van der Waals surface area contributed by atoms with Crippen LogP contribution in [0.25, 0.3) is 0 Å². The topological polar surface area (TPSA) is 28.2 Å². The van der Waals surface area contributed by atoms with Crippen LogP contribution in [0.1, 0.15) is 33.4 Å². The molecule has 0 spiro atoms. The summed E-state index contributed by atoms with van der Waals surface area (Å²) < 4.78 is 0. The van der Waals surface area contributed by atoms with Crippen molar-refractivity contribution in [3.63, 3.8) is 0 Å². The Balaban J connectivity index is 2.65. The summed E-state index contributed by atoms with van der Waals surface area (Å²) in [6.07, 6.45) is 0. The molecule has 0 saturated heterocycles. The van der Waals surface area contributed by atoms with E-state index in [0.29, 0.717) is 6.04 Å². The van der Waals surface area contributed by atoms with E-state index in [1.54, 1.807) is 11.3 Å². The fourth-order valence-corrected chi connectivity index (χ4v) is 2.51. The highest BCUT2D eigenvalue weighted by atomic mass is 32.1. The fraction of sp³-hybridized carbons (Fsp3) is 0.727. The maximum atomic E-state index is 4.62. The first-order chi connectivity index (χ1) is 7.19. The van der Waals surface area contributed by atoms with Gasteiger partial charge in [0.25, 0.3) is 0 Å². The Hall–Kier alpha value is -0.610. The second-order valence-electron chi connectivity index (χ2n) is 3.78. The Bertz CT molecular complexity index is 283. The predicted octanol–water partition coefficient (Wildman–Crippen LogP) is 2.49. The first-order valence-electron chi connectivity index (χ1n) is 5.60. The number of nitrogens with zero attached hydrogens (tertiary/aromatic N) is 2. The second kappa shape index (κ2) is 6.08. The summed E-state index contributed by atoms with van der Waals surface area (Å²) in [5.41, 5.74) is 1.15. The molecule has 1 N–H and O–H groups in total. The van der Waals surface area contributed by atoms with Gasteiger partial charge in [-0.05, 0) is 27.3 Å². The summed E-state index contributed by atoms with van der Waals surface area (Å²) in [6.45, 7) is 11.6. The van der Waals surface area contributed by atoms with Gasteiger partial charge in [-0.25, -0.2) is 4.98 Å². The molecule has 15 heavy (non-hydrogen) atoms. The van der Waals surface area contributed by atoms with Crippen molar-refractivity contribution in [2.45, 2.75) is 40.3 Å². The van der Waals surface area contributed by atoms with Crippen LogP contribution in [0.15, 0.2) is 5.38 Å². The summed E-state index contributed by atoms with van der Waals surface area (Å²) in [7, 11) is 0. The minimum absolute atomic E-state index is 0.521. The smallest absolute Gasteiger partial charge is 0.185 e. The number of hydrogen-bond acceptors (Lipinski definition) is 4. The van der Waals surface area contributed by atoms with Gasteiger partial charge in [0.2, 0.25) is 0 Å². The first-order valence-corrected chi connectivity index (χ1v) is 6.48. The number of thiazole rings is 1. The number of hydrogen-bond donors (Lipinski definition) is 1. The lowest BCUT2D eigenvalue weighted by Crippen LogP contribution is -2.30. The normalized spacial score (nSPS) is 11.0. The fourth-order valence-electron chi connectivity index (χ4n) is 1.48. The van der Waals surface area contributed by atoms with Crippen molar-refractivity contribution in [3.05, 3.63) is 11.1 Å². The maximum Gasteiger partial charge on any atom is 0.185 e. The molecule has 1 heterocycles. The highest BCUT2D eigenvalue weighted by molar-refractivity contribution is 7.13. The molecule has 0 aromatic carbocycles. The molecule has 1 rings (SSSR count). The average molecular weight is 227 g/mol. The molecule has 3 nitrogen and oxygen atoms in total.